The second-order valence-corrected chi connectivity index (χ2v) is 6.81. The number of carbonyl (C=O) groups is 1. The minimum atomic E-state index is -0.317. The summed E-state index contributed by atoms with van der Waals surface area (Å²) in [7, 11) is 0. The van der Waals surface area contributed by atoms with Gasteiger partial charge in [-0.2, -0.15) is 5.10 Å². The molecule has 1 aliphatic rings. The van der Waals surface area contributed by atoms with E-state index in [1.165, 1.54) is 18.3 Å². The summed E-state index contributed by atoms with van der Waals surface area (Å²) in [6.07, 6.45) is 3.15. The van der Waals surface area contributed by atoms with Crippen LogP contribution in [-0.4, -0.2) is 59.9 Å². The Labute approximate surface area is 180 Å². The van der Waals surface area contributed by atoms with Crippen LogP contribution in [0.3, 0.4) is 0 Å². The lowest BCUT2D eigenvalue weighted by Crippen LogP contribution is -2.38. The van der Waals surface area contributed by atoms with Gasteiger partial charge in [-0.05, 0) is 36.4 Å². The maximum absolute atomic E-state index is 13.1. The van der Waals surface area contributed by atoms with Gasteiger partial charge >= 0.3 is 0 Å². The normalized spacial score (nSPS) is 14.2. The van der Waals surface area contributed by atoms with Crippen molar-refractivity contribution in [1.82, 2.24) is 14.7 Å². The van der Waals surface area contributed by atoms with E-state index in [-0.39, 0.29) is 24.0 Å². The summed E-state index contributed by atoms with van der Waals surface area (Å²) in [6.45, 7) is 4.73. The molecule has 1 aliphatic heterocycles. The molecule has 0 bridgehead atoms. The Hall–Kier alpha value is -2.74. The van der Waals surface area contributed by atoms with E-state index in [1.54, 1.807) is 35.1 Å². The van der Waals surface area contributed by atoms with E-state index in [1.807, 2.05) is 12.1 Å². The number of nitrogens with zero attached hydrogens (tertiary/aromatic N) is 3. The molecule has 0 aliphatic carbocycles. The topological polar surface area (TPSA) is 56.6 Å². The van der Waals surface area contributed by atoms with Crippen LogP contribution in [0.1, 0.15) is 15.9 Å². The van der Waals surface area contributed by atoms with Crippen LogP contribution in [0.2, 0.25) is 0 Å². The Morgan fingerprint density at radius 1 is 1.10 bits per heavy atom. The first-order chi connectivity index (χ1) is 14.2. The lowest BCUT2D eigenvalue weighted by Gasteiger charge is -2.26. The number of morpholine rings is 1. The van der Waals surface area contributed by atoms with E-state index >= 15 is 0 Å². The maximum atomic E-state index is 13.1. The van der Waals surface area contributed by atoms with Crippen molar-refractivity contribution in [3.63, 3.8) is 0 Å². The minimum absolute atomic E-state index is 0. The number of ketones is 1. The second kappa shape index (κ2) is 10.3. The van der Waals surface area contributed by atoms with Crippen LogP contribution in [0.15, 0.2) is 60.9 Å². The van der Waals surface area contributed by atoms with Crippen molar-refractivity contribution in [3.05, 3.63) is 77.9 Å². The van der Waals surface area contributed by atoms with Crippen molar-refractivity contribution in [2.75, 3.05) is 39.5 Å². The molecule has 0 saturated carbocycles. The minimum Gasteiger partial charge on any atom is -0.492 e. The lowest BCUT2D eigenvalue weighted by atomic mass is 10.1. The van der Waals surface area contributed by atoms with Gasteiger partial charge in [0.05, 0.1) is 30.7 Å². The molecule has 1 fully saturated rings. The van der Waals surface area contributed by atoms with E-state index in [2.05, 4.69) is 10.00 Å². The molecule has 0 N–H and O–H groups in total. The van der Waals surface area contributed by atoms with Crippen LogP contribution in [0.25, 0.3) is 5.69 Å². The number of benzene rings is 2. The first-order valence-electron chi connectivity index (χ1n) is 9.57. The van der Waals surface area contributed by atoms with Gasteiger partial charge in [0, 0.05) is 31.4 Å². The number of halogens is 2. The monoisotopic (exact) mass is 431 g/mol. The van der Waals surface area contributed by atoms with E-state index in [0.717, 1.165) is 32.8 Å². The molecule has 1 aromatic heterocycles. The Morgan fingerprint density at radius 3 is 2.63 bits per heavy atom. The molecule has 0 amide bonds. The highest BCUT2D eigenvalue weighted by Crippen LogP contribution is 2.18. The molecule has 8 heteroatoms. The molecule has 0 unspecified atom stereocenters. The van der Waals surface area contributed by atoms with Crippen LogP contribution in [-0.2, 0) is 4.74 Å². The predicted molar refractivity (Wildman–Crippen MR) is 113 cm³/mol. The SMILES string of the molecule is Cl.O=C(c1cccc(OCCN2CCOCC2)c1)c1cnn(-c2ccc(F)cc2)c1. The quantitative estimate of drug-likeness (QED) is 0.537. The number of rotatable bonds is 7. The van der Waals surface area contributed by atoms with Crippen LogP contribution < -0.4 is 4.74 Å². The van der Waals surface area contributed by atoms with Gasteiger partial charge in [0.25, 0.3) is 0 Å². The molecule has 0 radical (unpaired) electrons. The molecule has 2 heterocycles. The third-order valence-corrected chi connectivity index (χ3v) is 4.81. The number of hydrogen-bond acceptors (Lipinski definition) is 5. The molecule has 3 aromatic rings. The zero-order chi connectivity index (χ0) is 20.1. The van der Waals surface area contributed by atoms with Crippen molar-refractivity contribution in [1.29, 1.82) is 0 Å². The number of hydrogen-bond donors (Lipinski definition) is 0. The van der Waals surface area contributed by atoms with Crippen molar-refractivity contribution < 1.29 is 18.7 Å². The second-order valence-electron chi connectivity index (χ2n) is 6.81. The standard InChI is InChI=1S/C22H22FN3O3.ClH/c23-19-4-6-20(7-5-19)26-16-18(15-24-26)22(27)17-2-1-3-21(14-17)29-13-10-25-8-11-28-12-9-25;/h1-7,14-16H,8-13H2;1H. The molecule has 30 heavy (non-hydrogen) atoms. The Kier molecular flexibility index (Phi) is 7.57. The van der Waals surface area contributed by atoms with Crippen molar-refractivity contribution in [3.8, 4) is 11.4 Å². The third-order valence-electron chi connectivity index (χ3n) is 4.81. The number of aromatic nitrogens is 2. The van der Waals surface area contributed by atoms with Crippen LogP contribution >= 0.6 is 12.4 Å². The summed E-state index contributed by atoms with van der Waals surface area (Å²) in [6, 6.07) is 13.1. The summed E-state index contributed by atoms with van der Waals surface area (Å²) in [4.78, 5) is 15.1. The zero-order valence-corrected chi connectivity index (χ0v) is 17.2. The van der Waals surface area contributed by atoms with Gasteiger partial charge in [0.2, 0.25) is 0 Å². The summed E-state index contributed by atoms with van der Waals surface area (Å²) < 4.78 is 25.8. The van der Waals surface area contributed by atoms with Gasteiger partial charge < -0.3 is 9.47 Å². The summed E-state index contributed by atoms with van der Waals surface area (Å²) in [5, 5.41) is 4.21. The highest BCUT2D eigenvalue weighted by atomic mass is 35.5. The number of ether oxygens (including phenoxy) is 2. The lowest BCUT2D eigenvalue weighted by molar-refractivity contribution is 0.0322. The molecular weight excluding hydrogens is 409 g/mol. The van der Waals surface area contributed by atoms with E-state index in [4.69, 9.17) is 9.47 Å². The smallest absolute Gasteiger partial charge is 0.196 e. The predicted octanol–water partition coefficient (Wildman–Crippen LogP) is 3.38. The van der Waals surface area contributed by atoms with Gasteiger partial charge in [-0.1, -0.05) is 12.1 Å². The summed E-state index contributed by atoms with van der Waals surface area (Å²) >= 11 is 0. The Balaban J connectivity index is 0.00000256. The first kappa shape index (κ1) is 22.0. The van der Waals surface area contributed by atoms with E-state index in [9.17, 15) is 9.18 Å². The molecule has 6 nitrogen and oxygen atoms in total. The summed E-state index contributed by atoms with van der Waals surface area (Å²) in [5.74, 6) is 0.203. The molecule has 0 spiro atoms. The molecule has 4 rings (SSSR count). The van der Waals surface area contributed by atoms with Crippen molar-refractivity contribution in [2.45, 2.75) is 0 Å². The molecule has 1 saturated heterocycles. The van der Waals surface area contributed by atoms with Crippen molar-refractivity contribution >= 4 is 18.2 Å². The average molecular weight is 432 g/mol. The highest BCUT2D eigenvalue weighted by Gasteiger charge is 2.14. The van der Waals surface area contributed by atoms with Crippen LogP contribution in [0.4, 0.5) is 4.39 Å². The van der Waals surface area contributed by atoms with Crippen molar-refractivity contribution in [2.24, 2.45) is 0 Å². The van der Waals surface area contributed by atoms with Gasteiger partial charge in [-0.25, -0.2) is 9.07 Å². The molecule has 2 aromatic carbocycles. The number of carbonyl (C=O) groups excluding carboxylic acids is 1. The largest absolute Gasteiger partial charge is 0.492 e. The van der Waals surface area contributed by atoms with E-state index in [0.29, 0.717) is 29.2 Å². The highest BCUT2D eigenvalue weighted by molar-refractivity contribution is 6.08. The third kappa shape index (κ3) is 5.44. The molecule has 158 valence electrons. The van der Waals surface area contributed by atoms with Gasteiger partial charge in [-0.15, -0.1) is 12.4 Å². The molecular formula is C22H23ClFN3O3. The fraction of sp³-hybridized carbons (Fsp3) is 0.273. The van der Waals surface area contributed by atoms with Crippen LogP contribution in [0, 0.1) is 5.82 Å². The van der Waals surface area contributed by atoms with Gasteiger partial charge in [0.1, 0.15) is 18.2 Å². The zero-order valence-electron chi connectivity index (χ0n) is 16.4. The van der Waals surface area contributed by atoms with E-state index < -0.39 is 0 Å². The van der Waals surface area contributed by atoms with Gasteiger partial charge in [0.15, 0.2) is 5.78 Å². The fourth-order valence-electron chi connectivity index (χ4n) is 3.19. The van der Waals surface area contributed by atoms with Gasteiger partial charge in [-0.3, -0.25) is 9.69 Å². The average Bonchev–Trinajstić information content (AvgIpc) is 3.25. The Morgan fingerprint density at radius 2 is 1.87 bits per heavy atom. The maximum Gasteiger partial charge on any atom is 0.196 e. The van der Waals surface area contributed by atoms with Crippen LogP contribution in [0.5, 0.6) is 5.75 Å². The first-order valence-corrected chi connectivity index (χ1v) is 9.57. The molecule has 0 atom stereocenters. The fourth-order valence-corrected chi connectivity index (χ4v) is 3.19. The Bertz CT molecular complexity index is 972. The summed E-state index contributed by atoms with van der Waals surface area (Å²) in [5.41, 5.74) is 1.68.